The Morgan fingerprint density at radius 3 is 2.78 bits per heavy atom. The molecule has 1 aliphatic heterocycles. The number of benzene rings is 1. The highest BCUT2D eigenvalue weighted by Gasteiger charge is 2.20. The highest BCUT2D eigenvalue weighted by Crippen LogP contribution is 2.31. The Morgan fingerprint density at radius 1 is 1.19 bits per heavy atom. The molecule has 1 aromatic carbocycles. The molecule has 0 bridgehead atoms. The Morgan fingerprint density at radius 2 is 2.03 bits per heavy atom. The zero-order valence-corrected chi connectivity index (χ0v) is 18.2. The van der Waals surface area contributed by atoms with Crippen LogP contribution in [0.3, 0.4) is 0 Å². The van der Waals surface area contributed by atoms with E-state index in [9.17, 15) is 5.26 Å². The van der Waals surface area contributed by atoms with Gasteiger partial charge < -0.3 is 10.5 Å². The molecule has 0 amide bonds. The van der Waals surface area contributed by atoms with Gasteiger partial charge in [0.2, 0.25) is 0 Å². The molecule has 1 fully saturated rings. The lowest BCUT2D eigenvalue weighted by Crippen LogP contribution is -2.26. The maximum atomic E-state index is 9.55. The van der Waals surface area contributed by atoms with Gasteiger partial charge in [0.25, 0.3) is 0 Å². The first-order valence-corrected chi connectivity index (χ1v) is 10.8. The molecular weight excluding hydrogens is 402 g/mol. The SMILES string of the molecule is CC(C)Oc1c(C#N)ccc2ccc(-c3nnc4ccc(CN5CCC(N)C5)cn34)nc12. The predicted octanol–water partition coefficient (Wildman–Crippen LogP) is 3.14. The highest BCUT2D eigenvalue weighted by atomic mass is 16.5. The Hall–Kier alpha value is -3.54. The van der Waals surface area contributed by atoms with E-state index in [1.165, 1.54) is 5.56 Å². The summed E-state index contributed by atoms with van der Waals surface area (Å²) in [5, 5.41) is 19.2. The standard InChI is InChI=1S/C24H25N7O/c1-15(2)32-23-18(11-25)5-4-17-6-7-20(27-22(17)23)24-29-28-21-8-3-16(13-31(21)24)12-30-10-9-19(26)14-30/h3-8,13,15,19H,9-10,12,14,26H2,1-2H3. The third kappa shape index (κ3) is 3.77. The van der Waals surface area contributed by atoms with Crippen LogP contribution in [0.5, 0.6) is 5.75 Å². The Labute approximate surface area is 186 Å². The van der Waals surface area contributed by atoms with Crippen molar-refractivity contribution in [2.24, 2.45) is 5.73 Å². The van der Waals surface area contributed by atoms with Crippen LogP contribution in [0, 0.1) is 11.3 Å². The van der Waals surface area contributed by atoms with E-state index in [0.29, 0.717) is 28.3 Å². The van der Waals surface area contributed by atoms with Crippen LogP contribution in [0.2, 0.25) is 0 Å². The van der Waals surface area contributed by atoms with Crippen LogP contribution >= 0.6 is 0 Å². The lowest BCUT2D eigenvalue weighted by atomic mass is 10.1. The number of hydrogen-bond acceptors (Lipinski definition) is 7. The third-order valence-corrected chi connectivity index (χ3v) is 5.70. The van der Waals surface area contributed by atoms with Crippen molar-refractivity contribution in [3.05, 3.63) is 53.7 Å². The molecule has 4 aromatic rings. The molecular formula is C24H25N7O. The zero-order chi connectivity index (χ0) is 22.2. The fourth-order valence-electron chi connectivity index (χ4n) is 4.20. The molecule has 5 rings (SSSR count). The molecule has 1 saturated heterocycles. The molecule has 1 aliphatic rings. The van der Waals surface area contributed by atoms with Crippen molar-refractivity contribution in [1.29, 1.82) is 5.26 Å². The quantitative estimate of drug-likeness (QED) is 0.521. The Balaban J connectivity index is 1.57. The van der Waals surface area contributed by atoms with E-state index < -0.39 is 0 Å². The van der Waals surface area contributed by atoms with Crippen molar-refractivity contribution in [3.8, 4) is 23.3 Å². The first-order chi connectivity index (χ1) is 15.5. The highest BCUT2D eigenvalue weighted by molar-refractivity contribution is 5.88. The lowest BCUT2D eigenvalue weighted by molar-refractivity contribution is 0.244. The molecule has 0 saturated carbocycles. The van der Waals surface area contributed by atoms with Gasteiger partial charge in [-0.25, -0.2) is 4.98 Å². The molecule has 8 nitrogen and oxygen atoms in total. The van der Waals surface area contributed by atoms with Crippen molar-refractivity contribution < 1.29 is 4.74 Å². The van der Waals surface area contributed by atoms with Crippen LogP contribution in [0.25, 0.3) is 28.1 Å². The van der Waals surface area contributed by atoms with Gasteiger partial charge in [0.1, 0.15) is 17.3 Å². The van der Waals surface area contributed by atoms with Gasteiger partial charge in [-0.15, -0.1) is 10.2 Å². The van der Waals surface area contributed by atoms with Gasteiger partial charge in [-0.3, -0.25) is 9.30 Å². The molecule has 4 heterocycles. The molecule has 162 valence electrons. The minimum atomic E-state index is -0.0756. The monoisotopic (exact) mass is 427 g/mol. The molecule has 2 N–H and O–H groups in total. The first-order valence-electron chi connectivity index (χ1n) is 10.8. The van der Waals surface area contributed by atoms with Crippen molar-refractivity contribution >= 4 is 16.6 Å². The summed E-state index contributed by atoms with van der Waals surface area (Å²) in [4.78, 5) is 7.21. The van der Waals surface area contributed by atoms with Crippen LogP contribution in [0.1, 0.15) is 31.4 Å². The van der Waals surface area contributed by atoms with Gasteiger partial charge in [0, 0.05) is 37.3 Å². The molecule has 32 heavy (non-hydrogen) atoms. The van der Waals surface area contributed by atoms with Crippen LogP contribution in [-0.4, -0.2) is 49.7 Å². The normalized spacial score (nSPS) is 16.8. The second-order valence-corrected chi connectivity index (χ2v) is 8.56. The second kappa shape index (κ2) is 8.19. The van der Waals surface area contributed by atoms with Crippen molar-refractivity contribution in [2.45, 2.75) is 39.0 Å². The molecule has 8 heteroatoms. The Kier molecular flexibility index (Phi) is 5.21. The van der Waals surface area contributed by atoms with Crippen molar-refractivity contribution in [3.63, 3.8) is 0 Å². The summed E-state index contributed by atoms with van der Waals surface area (Å²) >= 11 is 0. The largest absolute Gasteiger partial charge is 0.487 e. The van der Waals surface area contributed by atoms with Crippen LogP contribution in [0.4, 0.5) is 0 Å². The smallest absolute Gasteiger partial charge is 0.187 e. The molecule has 1 unspecified atom stereocenters. The molecule has 0 aliphatic carbocycles. The zero-order valence-electron chi connectivity index (χ0n) is 18.2. The van der Waals surface area contributed by atoms with Gasteiger partial charge in [-0.2, -0.15) is 5.26 Å². The summed E-state index contributed by atoms with van der Waals surface area (Å²) in [5.41, 5.74) is 9.77. The topological polar surface area (TPSA) is 105 Å². The summed E-state index contributed by atoms with van der Waals surface area (Å²) in [5.74, 6) is 1.15. The number of nitrogens with zero attached hydrogens (tertiary/aromatic N) is 6. The van der Waals surface area contributed by atoms with Gasteiger partial charge in [-0.1, -0.05) is 18.2 Å². The number of nitriles is 1. The summed E-state index contributed by atoms with van der Waals surface area (Å²) in [7, 11) is 0. The maximum Gasteiger partial charge on any atom is 0.187 e. The lowest BCUT2D eigenvalue weighted by Gasteiger charge is -2.15. The maximum absolute atomic E-state index is 9.55. The van der Waals surface area contributed by atoms with E-state index in [4.69, 9.17) is 15.5 Å². The summed E-state index contributed by atoms with van der Waals surface area (Å²) < 4.78 is 7.94. The van der Waals surface area contributed by atoms with E-state index in [0.717, 1.165) is 37.1 Å². The number of pyridine rings is 2. The van der Waals surface area contributed by atoms with Crippen LogP contribution in [0.15, 0.2) is 42.6 Å². The molecule has 3 aromatic heterocycles. The number of fused-ring (bicyclic) bond motifs is 2. The number of likely N-dealkylation sites (tertiary alicyclic amines) is 1. The van der Waals surface area contributed by atoms with Gasteiger partial charge >= 0.3 is 0 Å². The molecule has 0 radical (unpaired) electrons. The molecule has 1 atom stereocenters. The van der Waals surface area contributed by atoms with Crippen LogP contribution < -0.4 is 10.5 Å². The minimum Gasteiger partial charge on any atom is -0.487 e. The minimum absolute atomic E-state index is 0.0756. The number of hydrogen-bond donors (Lipinski definition) is 1. The third-order valence-electron chi connectivity index (χ3n) is 5.70. The van der Waals surface area contributed by atoms with Crippen LogP contribution in [-0.2, 0) is 6.54 Å². The average Bonchev–Trinajstić information content (AvgIpc) is 3.39. The van der Waals surface area contributed by atoms with E-state index in [-0.39, 0.29) is 12.1 Å². The van der Waals surface area contributed by atoms with Gasteiger partial charge in [-0.05, 0) is 44.0 Å². The summed E-state index contributed by atoms with van der Waals surface area (Å²) in [6.45, 7) is 6.64. The van der Waals surface area contributed by atoms with E-state index in [2.05, 4.69) is 33.4 Å². The van der Waals surface area contributed by atoms with E-state index in [1.54, 1.807) is 6.07 Å². The van der Waals surface area contributed by atoms with Crippen molar-refractivity contribution in [1.82, 2.24) is 24.5 Å². The van der Waals surface area contributed by atoms with E-state index >= 15 is 0 Å². The average molecular weight is 428 g/mol. The fourth-order valence-corrected chi connectivity index (χ4v) is 4.20. The number of aromatic nitrogens is 4. The van der Waals surface area contributed by atoms with E-state index in [1.807, 2.05) is 42.5 Å². The van der Waals surface area contributed by atoms with Gasteiger partial charge in [0.05, 0.1) is 11.7 Å². The summed E-state index contributed by atoms with van der Waals surface area (Å²) in [6.07, 6.45) is 3.03. The summed E-state index contributed by atoms with van der Waals surface area (Å²) in [6, 6.07) is 14.1. The fraction of sp³-hybridized carbons (Fsp3) is 0.333. The first kappa shape index (κ1) is 20.4. The van der Waals surface area contributed by atoms with Gasteiger partial charge in [0.15, 0.2) is 17.2 Å². The predicted molar refractivity (Wildman–Crippen MR) is 122 cm³/mol. The number of nitrogens with two attached hydrogens (primary N) is 1. The number of ether oxygens (including phenoxy) is 1. The molecule has 0 spiro atoms. The van der Waals surface area contributed by atoms with Crippen molar-refractivity contribution in [2.75, 3.05) is 13.1 Å². The number of rotatable bonds is 5. The second-order valence-electron chi connectivity index (χ2n) is 8.56. The Bertz CT molecular complexity index is 1340.